The fraction of sp³-hybridized carbons (Fsp3) is 0.143. The van der Waals surface area contributed by atoms with E-state index in [1.54, 1.807) is 12.3 Å². The Morgan fingerprint density at radius 2 is 2.07 bits per heavy atom. The summed E-state index contributed by atoms with van der Waals surface area (Å²) in [5.74, 6) is 0.628. The van der Waals surface area contributed by atoms with Crippen LogP contribution in [0.5, 0.6) is 10.9 Å². The van der Waals surface area contributed by atoms with Crippen LogP contribution in [-0.4, -0.2) is 4.98 Å². The van der Waals surface area contributed by atoms with E-state index in [9.17, 15) is 4.79 Å². The summed E-state index contributed by atoms with van der Waals surface area (Å²) >= 11 is 1.41. The number of anilines is 1. The number of aromatic nitrogens is 1. The smallest absolute Gasteiger partial charge is 0.340 e. The number of thiazole rings is 1. The minimum absolute atomic E-state index is 0.341. The van der Waals surface area contributed by atoms with Gasteiger partial charge in [0.05, 0.1) is 0 Å². The van der Waals surface area contributed by atoms with Crippen LogP contribution in [-0.2, 0) is 6.42 Å². The second-order valence-electron chi connectivity index (χ2n) is 6.43. The largest absolute Gasteiger partial charge is 0.430 e. The van der Waals surface area contributed by atoms with Gasteiger partial charge in [-0.3, -0.25) is 0 Å². The third-order valence-electron chi connectivity index (χ3n) is 4.52. The molecule has 0 bridgehead atoms. The molecule has 0 aliphatic carbocycles. The number of nitrogens with zero attached hydrogens (tertiary/aromatic N) is 1. The Balaban J connectivity index is 1.78. The zero-order valence-corrected chi connectivity index (χ0v) is 15.8. The number of fused-ring (bicyclic) bond motifs is 1. The molecule has 4 aromatic rings. The van der Waals surface area contributed by atoms with Crippen molar-refractivity contribution < 1.29 is 9.15 Å². The number of nitrogen functional groups attached to an aromatic ring is 1. The van der Waals surface area contributed by atoms with Crippen LogP contribution < -0.4 is 16.1 Å². The van der Waals surface area contributed by atoms with Crippen LogP contribution in [0.1, 0.15) is 22.3 Å². The molecular weight excluding hydrogens is 360 g/mol. The number of ether oxygens (including phenoxy) is 1. The number of hydrogen-bond acceptors (Lipinski definition) is 6. The first kappa shape index (κ1) is 17.3. The first-order valence-corrected chi connectivity index (χ1v) is 9.38. The Kier molecular flexibility index (Phi) is 4.41. The third-order valence-corrected chi connectivity index (χ3v) is 5.17. The highest BCUT2D eigenvalue weighted by atomic mass is 32.1. The molecule has 0 spiro atoms. The molecule has 6 heteroatoms. The predicted molar refractivity (Wildman–Crippen MR) is 108 cm³/mol. The van der Waals surface area contributed by atoms with Gasteiger partial charge in [0.1, 0.15) is 11.3 Å². The molecule has 27 heavy (non-hydrogen) atoms. The van der Waals surface area contributed by atoms with Crippen LogP contribution in [0, 0.1) is 13.8 Å². The lowest BCUT2D eigenvalue weighted by molar-refractivity contribution is 0.473. The molecule has 0 radical (unpaired) electrons. The van der Waals surface area contributed by atoms with Gasteiger partial charge in [0, 0.05) is 40.7 Å². The lowest BCUT2D eigenvalue weighted by Gasteiger charge is -2.11. The molecule has 2 aromatic heterocycles. The lowest BCUT2D eigenvalue weighted by atomic mass is 9.98. The molecule has 0 aliphatic heterocycles. The molecule has 0 fully saturated rings. The van der Waals surface area contributed by atoms with Crippen molar-refractivity contribution >= 4 is 28.0 Å². The Hall–Kier alpha value is -3.12. The van der Waals surface area contributed by atoms with Crippen molar-refractivity contribution in [1.29, 1.82) is 0 Å². The highest BCUT2D eigenvalue weighted by molar-refractivity contribution is 7.11. The molecule has 2 heterocycles. The van der Waals surface area contributed by atoms with Gasteiger partial charge in [0.2, 0.25) is 0 Å². The Labute approximate surface area is 160 Å². The quantitative estimate of drug-likeness (QED) is 0.406. The van der Waals surface area contributed by atoms with Crippen molar-refractivity contribution in [2.45, 2.75) is 20.3 Å². The molecule has 0 unspecified atom stereocenters. The van der Waals surface area contributed by atoms with Gasteiger partial charge in [-0.1, -0.05) is 23.5 Å². The number of benzene rings is 2. The van der Waals surface area contributed by atoms with Crippen molar-refractivity contribution in [2.75, 3.05) is 5.73 Å². The molecule has 136 valence electrons. The van der Waals surface area contributed by atoms with E-state index in [0.29, 0.717) is 34.2 Å². The molecule has 0 atom stereocenters. The normalized spacial score (nSPS) is 11.0. The van der Waals surface area contributed by atoms with E-state index in [1.165, 1.54) is 11.3 Å². The first-order chi connectivity index (χ1) is 13.0. The first-order valence-electron chi connectivity index (χ1n) is 8.50. The monoisotopic (exact) mass is 378 g/mol. The van der Waals surface area contributed by atoms with Crippen LogP contribution >= 0.6 is 11.3 Å². The molecule has 4 rings (SSSR count). The fourth-order valence-corrected chi connectivity index (χ4v) is 3.60. The van der Waals surface area contributed by atoms with Gasteiger partial charge in [0.25, 0.3) is 5.19 Å². The van der Waals surface area contributed by atoms with Gasteiger partial charge in [0.15, 0.2) is 0 Å². The minimum Gasteiger partial charge on any atom is -0.430 e. The van der Waals surface area contributed by atoms with E-state index >= 15 is 0 Å². The summed E-state index contributed by atoms with van der Waals surface area (Å²) in [5, 5.41) is 3.30. The van der Waals surface area contributed by atoms with E-state index in [1.807, 2.05) is 49.6 Å². The minimum atomic E-state index is -0.341. The highest BCUT2D eigenvalue weighted by Crippen LogP contribution is 2.32. The molecule has 2 aromatic carbocycles. The zero-order chi connectivity index (χ0) is 19.0. The predicted octanol–water partition coefficient (Wildman–Crippen LogP) is 4.83. The molecule has 0 saturated heterocycles. The van der Waals surface area contributed by atoms with Crippen molar-refractivity contribution in [3.63, 3.8) is 0 Å². The van der Waals surface area contributed by atoms with E-state index in [2.05, 4.69) is 4.98 Å². The Morgan fingerprint density at radius 3 is 2.81 bits per heavy atom. The summed E-state index contributed by atoms with van der Waals surface area (Å²) in [6, 6.07) is 11.3. The van der Waals surface area contributed by atoms with Crippen LogP contribution in [0.25, 0.3) is 11.0 Å². The average molecular weight is 378 g/mol. The summed E-state index contributed by atoms with van der Waals surface area (Å²) in [6.45, 7) is 3.91. The maximum atomic E-state index is 12.6. The number of hydrogen-bond donors (Lipinski definition) is 1. The average Bonchev–Trinajstić information content (AvgIpc) is 3.13. The topological polar surface area (TPSA) is 78.4 Å². The van der Waals surface area contributed by atoms with Gasteiger partial charge >= 0.3 is 5.63 Å². The second kappa shape index (κ2) is 6.89. The summed E-state index contributed by atoms with van der Waals surface area (Å²) in [6.07, 6.45) is 2.16. The fourth-order valence-electron chi connectivity index (χ4n) is 3.10. The summed E-state index contributed by atoms with van der Waals surface area (Å²) in [7, 11) is 0. The molecule has 0 aliphatic rings. The maximum Gasteiger partial charge on any atom is 0.340 e. The van der Waals surface area contributed by atoms with Crippen LogP contribution in [0.2, 0.25) is 0 Å². The summed E-state index contributed by atoms with van der Waals surface area (Å²) < 4.78 is 11.4. The number of nitrogens with two attached hydrogens (primary N) is 1. The van der Waals surface area contributed by atoms with Gasteiger partial charge in [-0.2, -0.15) is 0 Å². The molecule has 0 saturated carbocycles. The maximum absolute atomic E-state index is 12.6. The van der Waals surface area contributed by atoms with Crippen LogP contribution in [0.3, 0.4) is 0 Å². The van der Waals surface area contributed by atoms with Crippen LogP contribution in [0.4, 0.5) is 5.69 Å². The third kappa shape index (κ3) is 3.44. The summed E-state index contributed by atoms with van der Waals surface area (Å²) in [4.78, 5) is 16.7. The summed E-state index contributed by atoms with van der Waals surface area (Å²) in [5.41, 5.74) is 10.2. The molecular formula is C21H18N2O3S. The van der Waals surface area contributed by atoms with Crippen molar-refractivity contribution in [2.24, 2.45) is 0 Å². The van der Waals surface area contributed by atoms with Gasteiger partial charge < -0.3 is 14.9 Å². The Bertz CT molecular complexity index is 1180. The Morgan fingerprint density at radius 1 is 1.22 bits per heavy atom. The number of rotatable bonds is 4. The lowest BCUT2D eigenvalue weighted by Crippen LogP contribution is -2.11. The highest BCUT2D eigenvalue weighted by Gasteiger charge is 2.15. The van der Waals surface area contributed by atoms with Gasteiger partial charge in [-0.25, -0.2) is 9.78 Å². The van der Waals surface area contributed by atoms with E-state index < -0.39 is 0 Å². The van der Waals surface area contributed by atoms with Crippen LogP contribution in [0.15, 0.2) is 57.2 Å². The zero-order valence-electron chi connectivity index (χ0n) is 15.0. The van der Waals surface area contributed by atoms with E-state index in [0.717, 1.165) is 22.1 Å². The second-order valence-corrected chi connectivity index (χ2v) is 7.29. The number of aryl methyl sites for hydroxylation is 2. The molecule has 2 N–H and O–H groups in total. The van der Waals surface area contributed by atoms with Crippen molar-refractivity contribution in [3.05, 3.63) is 80.6 Å². The molecule has 5 nitrogen and oxygen atoms in total. The van der Waals surface area contributed by atoms with Crippen molar-refractivity contribution in [3.8, 4) is 10.9 Å². The SMILES string of the molecule is Cc1cc2c(C)c(Cc3cccc(N)c3)c(=O)oc2cc1Oc1nccs1. The van der Waals surface area contributed by atoms with Gasteiger partial charge in [-0.15, -0.1) is 0 Å². The van der Waals surface area contributed by atoms with E-state index in [4.69, 9.17) is 14.9 Å². The van der Waals surface area contributed by atoms with Crippen molar-refractivity contribution in [1.82, 2.24) is 4.98 Å². The van der Waals surface area contributed by atoms with E-state index in [-0.39, 0.29) is 5.63 Å². The van der Waals surface area contributed by atoms with Gasteiger partial charge in [-0.05, 0) is 48.7 Å². The standard InChI is InChI=1S/C21H18N2O3S/c1-12-8-16-13(2)17(10-14-4-3-5-15(22)9-14)20(24)25-19(16)11-18(12)26-21-23-6-7-27-21/h3-9,11H,10,22H2,1-2H3. The molecule has 0 amide bonds.